The van der Waals surface area contributed by atoms with Crippen LogP contribution in [0.15, 0.2) is 11.1 Å². The second kappa shape index (κ2) is 4.07. The Morgan fingerprint density at radius 1 is 1.05 bits per heavy atom. The summed E-state index contributed by atoms with van der Waals surface area (Å²) in [5.41, 5.74) is 2.82. The molecule has 1 saturated heterocycles. The molecule has 0 aromatic heterocycles. The van der Waals surface area contributed by atoms with Gasteiger partial charge in [-0.3, -0.25) is 0 Å². The summed E-state index contributed by atoms with van der Waals surface area (Å²) in [5, 5.41) is 20.0. The Labute approximate surface area is 119 Å². The maximum absolute atomic E-state index is 10.1. The van der Waals surface area contributed by atoms with E-state index < -0.39 is 18.0 Å². The van der Waals surface area contributed by atoms with E-state index in [2.05, 4.69) is 13.8 Å². The van der Waals surface area contributed by atoms with E-state index in [9.17, 15) is 10.2 Å². The van der Waals surface area contributed by atoms with Crippen LogP contribution in [0.5, 0.6) is 0 Å². The van der Waals surface area contributed by atoms with Crippen LogP contribution < -0.4 is 0 Å². The highest BCUT2D eigenvalue weighted by molar-refractivity contribution is 5.37. The van der Waals surface area contributed by atoms with Gasteiger partial charge in [-0.1, -0.05) is 25.0 Å². The Balaban J connectivity index is 1.72. The zero-order chi connectivity index (χ0) is 14.1. The first-order chi connectivity index (χ1) is 9.47. The van der Waals surface area contributed by atoms with Gasteiger partial charge in [0, 0.05) is 12.3 Å². The minimum Gasteiger partial charge on any atom is -0.390 e. The molecule has 0 radical (unpaired) electrons. The highest BCUT2D eigenvalue weighted by Gasteiger charge is 2.65. The lowest BCUT2D eigenvalue weighted by atomic mass is 9.69. The lowest BCUT2D eigenvalue weighted by Crippen LogP contribution is -2.41. The fourth-order valence-corrected chi connectivity index (χ4v) is 5.28. The Hall–Kier alpha value is -0.420. The molecule has 0 aromatic rings. The molecular formula is C16H24O4. The molecule has 1 spiro atoms. The maximum Gasteiger partial charge on any atom is 0.172 e. The van der Waals surface area contributed by atoms with Crippen LogP contribution in [0.2, 0.25) is 0 Å². The topological polar surface area (TPSA) is 58.9 Å². The summed E-state index contributed by atoms with van der Waals surface area (Å²) in [7, 11) is 0. The van der Waals surface area contributed by atoms with Gasteiger partial charge in [-0.25, -0.2) is 0 Å². The van der Waals surface area contributed by atoms with Crippen molar-refractivity contribution in [3.63, 3.8) is 0 Å². The first kappa shape index (κ1) is 13.3. The molecule has 0 bridgehead atoms. The van der Waals surface area contributed by atoms with E-state index in [0.29, 0.717) is 37.9 Å². The molecule has 5 atom stereocenters. The Morgan fingerprint density at radius 3 is 2.40 bits per heavy atom. The Kier molecular flexibility index (Phi) is 2.70. The van der Waals surface area contributed by atoms with Crippen LogP contribution in [0, 0.1) is 17.3 Å². The molecule has 4 nitrogen and oxygen atoms in total. The molecule has 1 heterocycles. The van der Waals surface area contributed by atoms with Crippen LogP contribution in [0.4, 0.5) is 0 Å². The summed E-state index contributed by atoms with van der Waals surface area (Å²) in [6.07, 6.45) is 2.05. The molecule has 3 aliphatic carbocycles. The molecule has 4 aliphatic rings. The van der Waals surface area contributed by atoms with Gasteiger partial charge in [-0.2, -0.15) is 0 Å². The number of hydrogen-bond donors (Lipinski definition) is 2. The van der Waals surface area contributed by atoms with Crippen LogP contribution in [0.25, 0.3) is 0 Å². The minimum absolute atomic E-state index is 0.0563. The molecule has 20 heavy (non-hydrogen) atoms. The molecule has 0 amide bonds. The van der Waals surface area contributed by atoms with Crippen molar-refractivity contribution in [2.75, 3.05) is 13.2 Å². The van der Waals surface area contributed by atoms with Gasteiger partial charge in [0.2, 0.25) is 0 Å². The molecule has 1 aliphatic heterocycles. The molecule has 112 valence electrons. The number of aliphatic hydroxyl groups excluding tert-OH is 2. The van der Waals surface area contributed by atoms with Crippen molar-refractivity contribution in [3.8, 4) is 0 Å². The van der Waals surface area contributed by atoms with E-state index in [-0.39, 0.29) is 5.41 Å². The highest BCUT2D eigenvalue weighted by Crippen LogP contribution is 2.66. The first-order valence-electron chi connectivity index (χ1n) is 7.83. The largest absolute Gasteiger partial charge is 0.390 e. The van der Waals surface area contributed by atoms with Gasteiger partial charge < -0.3 is 19.7 Å². The summed E-state index contributed by atoms with van der Waals surface area (Å²) in [6, 6.07) is 0. The minimum atomic E-state index is -0.613. The number of fused-ring (bicyclic) bond motifs is 2. The maximum atomic E-state index is 10.1. The molecule has 4 heteroatoms. The van der Waals surface area contributed by atoms with Crippen molar-refractivity contribution in [2.45, 2.75) is 57.5 Å². The van der Waals surface area contributed by atoms with Gasteiger partial charge in [-0.05, 0) is 30.6 Å². The van der Waals surface area contributed by atoms with Crippen molar-refractivity contribution < 1.29 is 19.7 Å². The smallest absolute Gasteiger partial charge is 0.172 e. The normalized spacial score (nSPS) is 49.8. The Bertz CT molecular complexity index is 465. The van der Waals surface area contributed by atoms with Gasteiger partial charge in [0.1, 0.15) is 0 Å². The number of aliphatic hydroxyl groups is 2. The zero-order valence-corrected chi connectivity index (χ0v) is 12.3. The fourth-order valence-electron chi connectivity index (χ4n) is 5.28. The average Bonchev–Trinajstić information content (AvgIpc) is 3.03. The van der Waals surface area contributed by atoms with Crippen LogP contribution in [-0.4, -0.2) is 41.4 Å². The molecule has 4 rings (SSSR count). The van der Waals surface area contributed by atoms with Crippen LogP contribution in [-0.2, 0) is 9.47 Å². The van der Waals surface area contributed by atoms with Crippen LogP contribution >= 0.6 is 0 Å². The van der Waals surface area contributed by atoms with Gasteiger partial charge in [0.05, 0.1) is 25.4 Å². The molecule has 2 N–H and O–H groups in total. The summed E-state index contributed by atoms with van der Waals surface area (Å²) in [5.74, 6) is 0.425. The van der Waals surface area contributed by atoms with Crippen molar-refractivity contribution in [1.29, 1.82) is 0 Å². The molecule has 2 fully saturated rings. The fraction of sp³-hybridized carbons (Fsp3) is 0.875. The second-order valence-electron chi connectivity index (χ2n) is 7.24. The van der Waals surface area contributed by atoms with E-state index in [0.717, 1.165) is 12.8 Å². The third kappa shape index (κ3) is 1.46. The van der Waals surface area contributed by atoms with Crippen LogP contribution in [0.3, 0.4) is 0 Å². The SMILES string of the molecule is C[C@H]1C2(C[C@@H]3CC4=C(C[C@@H](O)[C@@H](O)C4)[C@@]31C)OCCO2. The molecule has 1 saturated carbocycles. The standard InChI is InChI=1S/C16H24O4/c1-9-15(2)11(8-16(9)19-3-4-20-16)5-10-6-13(17)14(18)7-12(10)15/h9,11,13-14,17-18H,3-8H2,1-2H3/t9-,11+,13+,14-,15-/m1/s1. The molecule has 0 unspecified atom stereocenters. The Morgan fingerprint density at radius 2 is 1.70 bits per heavy atom. The first-order valence-corrected chi connectivity index (χ1v) is 7.83. The third-order valence-electron chi connectivity index (χ3n) is 6.60. The quantitative estimate of drug-likeness (QED) is 0.662. The molecule has 0 aromatic carbocycles. The van der Waals surface area contributed by atoms with Crippen molar-refractivity contribution in [1.82, 2.24) is 0 Å². The predicted molar refractivity (Wildman–Crippen MR) is 72.9 cm³/mol. The zero-order valence-electron chi connectivity index (χ0n) is 12.3. The predicted octanol–water partition coefficient (Wildman–Crippen LogP) is 1.61. The van der Waals surface area contributed by atoms with E-state index in [1.165, 1.54) is 11.1 Å². The van der Waals surface area contributed by atoms with Crippen LogP contribution in [0.1, 0.15) is 39.5 Å². The van der Waals surface area contributed by atoms with Crippen molar-refractivity contribution in [2.24, 2.45) is 17.3 Å². The second-order valence-corrected chi connectivity index (χ2v) is 7.24. The summed E-state index contributed by atoms with van der Waals surface area (Å²) in [6.45, 7) is 5.94. The summed E-state index contributed by atoms with van der Waals surface area (Å²) >= 11 is 0. The lowest BCUT2D eigenvalue weighted by molar-refractivity contribution is -0.187. The van der Waals surface area contributed by atoms with Crippen molar-refractivity contribution >= 4 is 0 Å². The number of hydrogen-bond acceptors (Lipinski definition) is 4. The average molecular weight is 280 g/mol. The van der Waals surface area contributed by atoms with Gasteiger partial charge >= 0.3 is 0 Å². The van der Waals surface area contributed by atoms with Gasteiger partial charge in [0.25, 0.3) is 0 Å². The summed E-state index contributed by atoms with van der Waals surface area (Å²) in [4.78, 5) is 0. The number of rotatable bonds is 0. The molecular weight excluding hydrogens is 256 g/mol. The van der Waals surface area contributed by atoms with E-state index in [1.807, 2.05) is 0 Å². The van der Waals surface area contributed by atoms with Gasteiger partial charge in [-0.15, -0.1) is 0 Å². The van der Waals surface area contributed by atoms with E-state index >= 15 is 0 Å². The number of ether oxygens (including phenoxy) is 2. The third-order valence-corrected chi connectivity index (χ3v) is 6.60. The van der Waals surface area contributed by atoms with E-state index in [4.69, 9.17) is 9.47 Å². The lowest BCUT2D eigenvalue weighted by Gasteiger charge is -2.39. The highest BCUT2D eigenvalue weighted by atomic mass is 16.7. The summed E-state index contributed by atoms with van der Waals surface area (Å²) < 4.78 is 12.0. The monoisotopic (exact) mass is 280 g/mol. The van der Waals surface area contributed by atoms with Gasteiger partial charge in [0.15, 0.2) is 5.79 Å². The van der Waals surface area contributed by atoms with E-state index in [1.54, 1.807) is 0 Å². The van der Waals surface area contributed by atoms with Crippen molar-refractivity contribution in [3.05, 3.63) is 11.1 Å².